The fourth-order valence-corrected chi connectivity index (χ4v) is 12.4. The molecule has 0 aliphatic heterocycles. The molecule has 0 bridgehead atoms. The molecule has 0 saturated carbocycles. The van der Waals surface area contributed by atoms with Gasteiger partial charge in [-0.15, -0.1) is 0 Å². The van der Waals surface area contributed by atoms with Crippen molar-refractivity contribution in [2.75, 3.05) is 4.90 Å². The van der Waals surface area contributed by atoms with Crippen LogP contribution in [0.4, 0.5) is 17.1 Å². The summed E-state index contributed by atoms with van der Waals surface area (Å²) in [6.07, 6.45) is 0. The minimum absolute atomic E-state index is 0.578. The largest absolute Gasteiger partial charge is 0.456 e. The van der Waals surface area contributed by atoms with E-state index in [1.807, 2.05) is 0 Å². The molecular weight excluding hydrogens is 847 g/mol. The van der Waals surface area contributed by atoms with E-state index in [-0.39, 0.29) is 0 Å². The summed E-state index contributed by atoms with van der Waals surface area (Å²) >= 11 is 0. The van der Waals surface area contributed by atoms with Crippen molar-refractivity contribution in [1.82, 2.24) is 0 Å². The van der Waals surface area contributed by atoms with Crippen LogP contribution in [0.3, 0.4) is 0 Å². The van der Waals surface area contributed by atoms with Gasteiger partial charge >= 0.3 is 0 Å². The molecule has 0 spiro atoms. The van der Waals surface area contributed by atoms with E-state index in [4.69, 9.17) is 4.42 Å². The highest BCUT2D eigenvalue weighted by Gasteiger charge is 2.47. The maximum Gasteiger partial charge on any atom is 0.137 e. The van der Waals surface area contributed by atoms with Gasteiger partial charge < -0.3 is 9.32 Å². The Kier molecular flexibility index (Phi) is 9.06. The van der Waals surface area contributed by atoms with Gasteiger partial charge in [0.1, 0.15) is 11.2 Å². The Morgan fingerprint density at radius 1 is 0.286 bits per heavy atom. The Bertz CT molecular complexity index is 3690. The standard InChI is InChI=1S/C68H45NO/c1-4-21-46(22-5-1)47-41-42-64-58(43-47)66-63(39-20-40-65(66)70-64)69(52-29-18-27-50(44-52)67(48-23-6-2-7-24-48)59-35-14-10-31-54(59)55-32-11-15-36-60(55)67)53-30-19-28-51(45-53)68(49-25-8-3-9-26-49)61-37-16-12-33-56(61)57-34-13-17-38-62(57)68/h1-45H. The Hall–Kier alpha value is -8.98. The van der Waals surface area contributed by atoms with E-state index in [9.17, 15) is 0 Å². The number of fused-ring (bicyclic) bond motifs is 9. The first kappa shape index (κ1) is 40.1. The van der Waals surface area contributed by atoms with Gasteiger partial charge in [-0.2, -0.15) is 0 Å². The van der Waals surface area contributed by atoms with Crippen molar-refractivity contribution >= 4 is 39.0 Å². The third kappa shape index (κ3) is 5.74. The topological polar surface area (TPSA) is 16.4 Å². The third-order valence-corrected chi connectivity index (χ3v) is 15.2. The van der Waals surface area contributed by atoms with Gasteiger partial charge in [0.2, 0.25) is 0 Å². The summed E-state index contributed by atoms with van der Waals surface area (Å²) in [5.41, 5.74) is 21.1. The summed E-state index contributed by atoms with van der Waals surface area (Å²) in [7, 11) is 0. The van der Waals surface area contributed by atoms with Crippen molar-refractivity contribution in [3.05, 3.63) is 317 Å². The Morgan fingerprint density at radius 2 is 0.700 bits per heavy atom. The average Bonchev–Trinajstić information content (AvgIpc) is 4.07. The Morgan fingerprint density at radius 3 is 1.19 bits per heavy atom. The van der Waals surface area contributed by atoms with E-state index in [1.165, 1.54) is 72.3 Å². The van der Waals surface area contributed by atoms with Gasteiger partial charge in [0.05, 0.1) is 21.9 Å². The molecule has 0 N–H and O–H groups in total. The maximum atomic E-state index is 6.79. The SMILES string of the molecule is c1ccc(-c2ccc3oc4cccc(N(c5cccc(C6(c7ccccc7)c7ccccc7-c7ccccc76)c5)c5cccc(C6(c7ccccc7)c7ccccc7-c7ccccc76)c5)c4c3c2)cc1. The molecule has 0 amide bonds. The Balaban J connectivity index is 1.06. The van der Waals surface area contributed by atoms with Crippen LogP contribution >= 0.6 is 0 Å². The summed E-state index contributed by atoms with van der Waals surface area (Å²) in [6.45, 7) is 0. The second-order valence-corrected chi connectivity index (χ2v) is 18.7. The van der Waals surface area contributed by atoms with Gasteiger partial charge in [-0.25, -0.2) is 0 Å². The van der Waals surface area contributed by atoms with Crippen LogP contribution in [0.5, 0.6) is 0 Å². The molecule has 70 heavy (non-hydrogen) atoms. The van der Waals surface area contributed by atoms with Crippen LogP contribution in [0, 0.1) is 0 Å². The lowest BCUT2D eigenvalue weighted by Crippen LogP contribution is -2.29. The van der Waals surface area contributed by atoms with Gasteiger partial charge in [-0.3, -0.25) is 0 Å². The number of hydrogen-bond donors (Lipinski definition) is 0. The van der Waals surface area contributed by atoms with Crippen LogP contribution in [0.2, 0.25) is 0 Å². The molecule has 14 rings (SSSR count). The lowest BCUT2D eigenvalue weighted by Gasteiger charge is -2.36. The molecule has 0 radical (unpaired) electrons. The highest BCUT2D eigenvalue weighted by Crippen LogP contribution is 2.59. The lowest BCUT2D eigenvalue weighted by molar-refractivity contribution is 0.669. The highest BCUT2D eigenvalue weighted by atomic mass is 16.3. The van der Waals surface area contributed by atoms with Crippen molar-refractivity contribution in [3.8, 4) is 33.4 Å². The molecule has 2 aliphatic carbocycles. The quantitative estimate of drug-likeness (QED) is 0.151. The van der Waals surface area contributed by atoms with E-state index in [2.05, 4.69) is 278 Å². The first-order valence-corrected chi connectivity index (χ1v) is 24.2. The zero-order chi connectivity index (χ0) is 46.2. The molecule has 328 valence electrons. The second kappa shape index (κ2) is 15.8. The molecule has 1 heterocycles. The minimum atomic E-state index is -0.578. The predicted octanol–water partition coefficient (Wildman–Crippen LogP) is 17.4. The third-order valence-electron chi connectivity index (χ3n) is 15.2. The molecule has 2 aliphatic rings. The van der Waals surface area contributed by atoms with Gasteiger partial charge in [0.15, 0.2) is 0 Å². The van der Waals surface area contributed by atoms with E-state index < -0.39 is 10.8 Å². The average molecular weight is 892 g/mol. The zero-order valence-corrected chi connectivity index (χ0v) is 38.3. The molecule has 0 saturated heterocycles. The van der Waals surface area contributed by atoms with Crippen molar-refractivity contribution in [2.24, 2.45) is 0 Å². The molecule has 0 unspecified atom stereocenters. The summed E-state index contributed by atoms with van der Waals surface area (Å²) in [5.74, 6) is 0. The molecule has 2 nitrogen and oxygen atoms in total. The van der Waals surface area contributed by atoms with Crippen LogP contribution in [-0.4, -0.2) is 0 Å². The number of rotatable bonds is 8. The minimum Gasteiger partial charge on any atom is -0.456 e. The molecule has 11 aromatic carbocycles. The lowest BCUT2D eigenvalue weighted by atomic mass is 9.67. The highest BCUT2D eigenvalue weighted by molar-refractivity contribution is 6.14. The fourth-order valence-electron chi connectivity index (χ4n) is 12.4. The number of nitrogens with zero attached hydrogens (tertiary/aromatic N) is 1. The molecule has 0 atom stereocenters. The van der Waals surface area contributed by atoms with E-state index in [1.54, 1.807) is 0 Å². The summed E-state index contributed by atoms with van der Waals surface area (Å²) in [5, 5.41) is 2.14. The van der Waals surface area contributed by atoms with E-state index in [0.717, 1.165) is 44.6 Å². The normalized spacial score (nSPS) is 13.7. The van der Waals surface area contributed by atoms with Crippen molar-refractivity contribution in [1.29, 1.82) is 0 Å². The number of hydrogen-bond acceptors (Lipinski definition) is 2. The summed E-state index contributed by atoms with van der Waals surface area (Å²) < 4.78 is 6.79. The van der Waals surface area contributed by atoms with Crippen LogP contribution in [-0.2, 0) is 10.8 Å². The van der Waals surface area contributed by atoms with Gasteiger partial charge in [-0.05, 0) is 126 Å². The summed E-state index contributed by atoms with van der Waals surface area (Å²) in [4.78, 5) is 2.48. The molecular formula is C68H45NO. The predicted molar refractivity (Wildman–Crippen MR) is 288 cm³/mol. The second-order valence-electron chi connectivity index (χ2n) is 18.7. The first-order valence-electron chi connectivity index (χ1n) is 24.2. The van der Waals surface area contributed by atoms with E-state index >= 15 is 0 Å². The van der Waals surface area contributed by atoms with Crippen LogP contribution < -0.4 is 4.90 Å². The van der Waals surface area contributed by atoms with Crippen molar-refractivity contribution in [3.63, 3.8) is 0 Å². The summed E-state index contributed by atoms with van der Waals surface area (Å²) in [6, 6.07) is 101. The van der Waals surface area contributed by atoms with Gasteiger partial charge in [-0.1, -0.05) is 224 Å². The van der Waals surface area contributed by atoms with Gasteiger partial charge in [0, 0.05) is 16.8 Å². The maximum absolute atomic E-state index is 6.79. The van der Waals surface area contributed by atoms with Crippen molar-refractivity contribution < 1.29 is 4.42 Å². The van der Waals surface area contributed by atoms with Crippen LogP contribution in [0.1, 0.15) is 44.5 Å². The van der Waals surface area contributed by atoms with Crippen LogP contribution in [0.25, 0.3) is 55.3 Å². The monoisotopic (exact) mass is 891 g/mol. The fraction of sp³-hybridized carbons (Fsp3) is 0.0294. The molecule has 1 aromatic heterocycles. The number of benzene rings is 11. The molecule has 0 fully saturated rings. The smallest absolute Gasteiger partial charge is 0.137 e. The van der Waals surface area contributed by atoms with Crippen molar-refractivity contribution in [2.45, 2.75) is 10.8 Å². The molecule has 12 aromatic rings. The van der Waals surface area contributed by atoms with Gasteiger partial charge in [0.25, 0.3) is 0 Å². The number of furan rings is 1. The number of anilines is 3. The Labute approximate surface area is 408 Å². The first-order chi connectivity index (χ1) is 34.7. The zero-order valence-electron chi connectivity index (χ0n) is 38.3. The van der Waals surface area contributed by atoms with Crippen LogP contribution in [0.15, 0.2) is 277 Å². The van der Waals surface area contributed by atoms with E-state index in [0.29, 0.717) is 0 Å². The molecule has 2 heteroatoms.